The van der Waals surface area contributed by atoms with Gasteiger partial charge in [0.15, 0.2) is 5.56 Å². The highest BCUT2D eigenvalue weighted by molar-refractivity contribution is 5.98. The molecular weight excluding hydrogens is 236 g/mol. The van der Waals surface area contributed by atoms with Gasteiger partial charge in [-0.1, -0.05) is 0 Å². The number of hydrogen-bond acceptors (Lipinski definition) is 5. The molecule has 0 aliphatic carbocycles. The molecule has 0 saturated carbocycles. The first-order valence-electron chi connectivity index (χ1n) is 5.44. The van der Waals surface area contributed by atoms with Crippen molar-refractivity contribution < 1.29 is 14.6 Å². The predicted molar refractivity (Wildman–Crippen MR) is 64.7 cm³/mol. The minimum absolute atomic E-state index is 0.127. The Kier molecular flexibility index (Phi) is 3.01. The van der Waals surface area contributed by atoms with E-state index in [1.807, 2.05) is 0 Å². The SMILES string of the molecule is CCOC(=O)c1c(O)c2ccc(C)nc2[nH]c1=O. The average molecular weight is 248 g/mol. The summed E-state index contributed by atoms with van der Waals surface area (Å²) < 4.78 is 4.72. The molecule has 2 N–H and O–H groups in total. The fourth-order valence-corrected chi connectivity index (χ4v) is 1.65. The van der Waals surface area contributed by atoms with E-state index >= 15 is 0 Å². The maximum atomic E-state index is 11.7. The summed E-state index contributed by atoms with van der Waals surface area (Å²) in [7, 11) is 0. The number of ether oxygens (including phenoxy) is 1. The predicted octanol–water partition coefficient (Wildman–Crippen LogP) is 1.11. The van der Waals surface area contributed by atoms with Crippen molar-refractivity contribution in [2.24, 2.45) is 0 Å². The second-order valence-corrected chi connectivity index (χ2v) is 3.75. The number of nitrogens with one attached hydrogen (secondary N) is 1. The molecule has 2 aromatic rings. The van der Waals surface area contributed by atoms with Gasteiger partial charge in [-0.25, -0.2) is 9.78 Å². The Bertz CT molecular complexity index is 676. The molecule has 0 aliphatic heterocycles. The molecule has 0 amide bonds. The Hall–Kier alpha value is -2.37. The summed E-state index contributed by atoms with van der Waals surface area (Å²) in [5.74, 6) is -1.25. The number of H-pyrrole nitrogens is 1. The smallest absolute Gasteiger partial charge is 0.347 e. The van der Waals surface area contributed by atoms with Crippen LogP contribution < -0.4 is 5.56 Å². The number of nitrogens with zero attached hydrogens (tertiary/aromatic N) is 1. The lowest BCUT2D eigenvalue weighted by Gasteiger charge is -2.06. The molecule has 18 heavy (non-hydrogen) atoms. The Morgan fingerprint density at radius 2 is 2.22 bits per heavy atom. The summed E-state index contributed by atoms with van der Waals surface area (Å²) in [4.78, 5) is 29.8. The van der Waals surface area contributed by atoms with Crippen molar-refractivity contribution in [1.29, 1.82) is 0 Å². The van der Waals surface area contributed by atoms with Gasteiger partial charge in [-0.15, -0.1) is 0 Å². The lowest BCUT2D eigenvalue weighted by Crippen LogP contribution is -2.20. The zero-order valence-electron chi connectivity index (χ0n) is 9.98. The largest absolute Gasteiger partial charge is 0.506 e. The van der Waals surface area contributed by atoms with Gasteiger partial charge in [-0.3, -0.25) is 4.79 Å². The van der Waals surface area contributed by atoms with E-state index in [1.54, 1.807) is 26.0 Å². The first-order valence-corrected chi connectivity index (χ1v) is 5.44. The zero-order valence-corrected chi connectivity index (χ0v) is 9.98. The molecule has 0 unspecified atom stereocenters. The lowest BCUT2D eigenvalue weighted by molar-refractivity contribution is 0.0521. The highest BCUT2D eigenvalue weighted by Crippen LogP contribution is 2.24. The van der Waals surface area contributed by atoms with Gasteiger partial charge in [-0.05, 0) is 26.0 Å². The molecule has 2 heterocycles. The lowest BCUT2D eigenvalue weighted by atomic mass is 10.1. The molecule has 0 radical (unpaired) electrons. The summed E-state index contributed by atoms with van der Waals surface area (Å²) in [6.45, 7) is 3.51. The van der Waals surface area contributed by atoms with Gasteiger partial charge >= 0.3 is 5.97 Å². The highest BCUT2D eigenvalue weighted by Gasteiger charge is 2.20. The molecule has 0 saturated heterocycles. The average Bonchev–Trinajstić information content (AvgIpc) is 2.28. The van der Waals surface area contributed by atoms with Crippen LogP contribution in [-0.2, 0) is 4.74 Å². The van der Waals surface area contributed by atoms with E-state index in [0.717, 1.165) is 0 Å². The fraction of sp³-hybridized carbons (Fsp3) is 0.250. The molecule has 0 fully saturated rings. The Balaban J connectivity index is 2.73. The van der Waals surface area contributed by atoms with Gasteiger partial charge in [0.2, 0.25) is 0 Å². The molecular formula is C12H12N2O4. The number of aryl methyl sites for hydroxylation is 1. The molecule has 6 heteroatoms. The van der Waals surface area contributed by atoms with Crippen molar-refractivity contribution in [2.45, 2.75) is 13.8 Å². The number of pyridine rings is 2. The quantitative estimate of drug-likeness (QED) is 0.777. The van der Waals surface area contributed by atoms with Gasteiger partial charge in [0.25, 0.3) is 5.56 Å². The first kappa shape index (κ1) is 12.1. The van der Waals surface area contributed by atoms with E-state index in [9.17, 15) is 14.7 Å². The van der Waals surface area contributed by atoms with Crippen molar-refractivity contribution in [1.82, 2.24) is 9.97 Å². The normalized spacial score (nSPS) is 10.6. The minimum atomic E-state index is -0.848. The molecule has 94 valence electrons. The number of aromatic nitrogens is 2. The van der Waals surface area contributed by atoms with Crippen molar-refractivity contribution in [3.8, 4) is 5.75 Å². The van der Waals surface area contributed by atoms with Crippen LogP contribution in [-0.4, -0.2) is 27.7 Å². The van der Waals surface area contributed by atoms with Crippen LogP contribution in [0.3, 0.4) is 0 Å². The van der Waals surface area contributed by atoms with E-state index in [-0.39, 0.29) is 12.3 Å². The van der Waals surface area contributed by atoms with Gasteiger partial charge in [0.1, 0.15) is 11.4 Å². The maximum absolute atomic E-state index is 11.7. The van der Waals surface area contributed by atoms with Crippen molar-refractivity contribution >= 4 is 17.0 Å². The van der Waals surface area contributed by atoms with E-state index in [0.29, 0.717) is 11.1 Å². The number of rotatable bonds is 2. The number of carbonyl (C=O) groups excluding carboxylic acids is 1. The Morgan fingerprint density at radius 1 is 1.50 bits per heavy atom. The second-order valence-electron chi connectivity index (χ2n) is 3.75. The summed E-state index contributed by atoms with van der Waals surface area (Å²) >= 11 is 0. The van der Waals surface area contributed by atoms with Crippen LogP contribution >= 0.6 is 0 Å². The molecule has 0 bridgehead atoms. The molecule has 2 aromatic heterocycles. The number of fused-ring (bicyclic) bond motifs is 1. The summed E-state index contributed by atoms with van der Waals surface area (Å²) in [6, 6.07) is 3.26. The van der Waals surface area contributed by atoms with Gasteiger partial charge in [0, 0.05) is 5.69 Å². The van der Waals surface area contributed by atoms with Crippen LogP contribution in [0.4, 0.5) is 0 Å². The standard InChI is InChI=1S/C12H12N2O4/c1-3-18-12(17)8-9(15)7-5-4-6(2)13-10(7)14-11(8)16/h4-5H,3H2,1-2H3,(H2,13,14,15,16). The fourth-order valence-electron chi connectivity index (χ4n) is 1.65. The van der Waals surface area contributed by atoms with Crippen molar-refractivity contribution in [2.75, 3.05) is 6.61 Å². The Labute approximate surface area is 102 Å². The zero-order chi connectivity index (χ0) is 13.3. The molecule has 0 atom stereocenters. The molecule has 6 nitrogen and oxygen atoms in total. The number of aromatic hydroxyl groups is 1. The second kappa shape index (κ2) is 4.48. The highest BCUT2D eigenvalue weighted by atomic mass is 16.5. The molecule has 0 aromatic carbocycles. The van der Waals surface area contributed by atoms with Gasteiger partial charge in [-0.2, -0.15) is 0 Å². The topological polar surface area (TPSA) is 92.3 Å². The maximum Gasteiger partial charge on any atom is 0.347 e. The van der Waals surface area contributed by atoms with E-state index < -0.39 is 22.8 Å². The summed E-state index contributed by atoms with van der Waals surface area (Å²) in [5.41, 5.74) is -0.168. The molecule has 2 rings (SSSR count). The van der Waals surface area contributed by atoms with Crippen molar-refractivity contribution in [3.05, 3.63) is 33.7 Å². The third-order valence-electron chi connectivity index (χ3n) is 2.46. The minimum Gasteiger partial charge on any atom is -0.506 e. The van der Waals surface area contributed by atoms with Gasteiger partial charge in [0.05, 0.1) is 12.0 Å². The van der Waals surface area contributed by atoms with Crippen LogP contribution in [0.15, 0.2) is 16.9 Å². The first-order chi connectivity index (χ1) is 8.54. The van der Waals surface area contributed by atoms with Crippen LogP contribution in [0.5, 0.6) is 5.75 Å². The monoisotopic (exact) mass is 248 g/mol. The van der Waals surface area contributed by atoms with E-state index in [1.165, 1.54) is 0 Å². The van der Waals surface area contributed by atoms with Crippen LogP contribution in [0.25, 0.3) is 11.0 Å². The van der Waals surface area contributed by atoms with E-state index in [2.05, 4.69) is 9.97 Å². The molecule has 0 spiro atoms. The van der Waals surface area contributed by atoms with E-state index in [4.69, 9.17) is 4.74 Å². The third kappa shape index (κ3) is 1.92. The Morgan fingerprint density at radius 3 is 2.89 bits per heavy atom. The number of aromatic amines is 1. The summed E-state index contributed by atoms with van der Waals surface area (Å²) in [5, 5.41) is 10.3. The van der Waals surface area contributed by atoms with Gasteiger partial charge < -0.3 is 14.8 Å². The number of carbonyl (C=O) groups is 1. The third-order valence-corrected chi connectivity index (χ3v) is 2.46. The van der Waals surface area contributed by atoms with Crippen LogP contribution in [0.2, 0.25) is 0 Å². The summed E-state index contributed by atoms with van der Waals surface area (Å²) in [6.07, 6.45) is 0. The van der Waals surface area contributed by atoms with Crippen LogP contribution in [0, 0.1) is 6.92 Å². The number of hydrogen-bond donors (Lipinski definition) is 2. The van der Waals surface area contributed by atoms with Crippen molar-refractivity contribution in [3.63, 3.8) is 0 Å². The number of esters is 1. The molecule has 0 aliphatic rings. The van der Waals surface area contributed by atoms with Crippen LogP contribution in [0.1, 0.15) is 23.0 Å².